The molecule has 1 amide bonds. The van der Waals surface area contributed by atoms with Gasteiger partial charge in [0, 0.05) is 17.1 Å². The molecule has 1 unspecified atom stereocenters. The Morgan fingerprint density at radius 2 is 2.45 bits per heavy atom. The fourth-order valence-corrected chi connectivity index (χ4v) is 2.77. The summed E-state index contributed by atoms with van der Waals surface area (Å²) in [5.41, 5.74) is 0.935. The Hall–Kier alpha value is -1.82. The van der Waals surface area contributed by atoms with Crippen LogP contribution in [0.25, 0.3) is 0 Å². The summed E-state index contributed by atoms with van der Waals surface area (Å²) in [6.07, 6.45) is 5.84. The van der Waals surface area contributed by atoms with Gasteiger partial charge < -0.3 is 10.6 Å². The van der Waals surface area contributed by atoms with Gasteiger partial charge in [-0.1, -0.05) is 6.07 Å². The first-order valence-corrected chi connectivity index (χ1v) is 7.70. The number of hydrogen-bond donors (Lipinski definition) is 2. The molecule has 20 heavy (non-hydrogen) atoms. The third-order valence-electron chi connectivity index (χ3n) is 3.23. The summed E-state index contributed by atoms with van der Waals surface area (Å²) in [6.45, 7) is 2.40. The van der Waals surface area contributed by atoms with Crippen molar-refractivity contribution in [1.82, 2.24) is 15.1 Å². The summed E-state index contributed by atoms with van der Waals surface area (Å²) in [6, 6.07) is 4.79. The second-order valence-electron chi connectivity index (χ2n) is 5.15. The van der Waals surface area contributed by atoms with Crippen molar-refractivity contribution in [3.8, 4) is 0 Å². The van der Waals surface area contributed by atoms with Gasteiger partial charge in [-0.25, -0.2) is 0 Å². The van der Waals surface area contributed by atoms with Crippen LogP contribution in [0.2, 0.25) is 0 Å². The van der Waals surface area contributed by atoms with Gasteiger partial charge in [0.15, 0.2) is 0 Å². The molecule has 6 heteroatoms. The van der Waals surface area contributed by atoms with Crippen LogP contribution in [0.1, 0.15) is 30.7 Å². The van der Waals surface area contributed by atoms with Crippen LogP contribution in [-0.2, 0) is 11.3 Å². The zero-order chi connectivity index (χ0) is 13.9. The third-order valence-corrected chi connectivity index (χ3v) is 4.29. The standard InChI is InChI=1S/C14H18N4OS/c1-10(13-3-2-6-20-13)16-12-7-15-18(8-12)9-14(19)17-11-4-5-11/h2-3,6-8,10-11,16H,4-5,9H2,1H3,(H,17,19). The van der Waals surface area contributed by atoms with E-state index >= 15 is 0 Å². The van der Waals surface area contributed by atoms with Crippen molar-refractivity contribution in [1.29, 1.82) is 0 Å². The fraction of sp³-hybridized carbons (Fsp3) is 0.429. The molecule has 106 valence electrons. The highest BCUT2D eigenvalue weighted by molar-refractivity contribution is 7.10. The zero-order valence-corrected chi connectivity index (χ0v) is 12.2. The molecule has 2 N–H and O–H groups in total. The molecule has 0 aromatic carbocycles. The second kappa shape index (κ2) is 5.66. The summed E-state index contributed by atoms with van der Waals surface area (Å²) in [7, 11) is 0. The van der Waals surface area contributed by atoms with Gasteiger partial charge in [-0.15, -0.1) is 11.3 Å². The third kappa shape index (κ3) is 3.39. The van der Waals surface area contributed by atoms with Crippen LogP contribution in [0, 0.1) is 0 Å². The molecular weight excluding hydrogens is 272 g/mol. The first-order valence-electron chi connectivity index (χ1n) is 6.82. The lowest BCUT2D eigenvalue weighted by Gasteiger charge is -2.11. The Morgan fingerprint density at radius 1 is 1.60 bits per heavy atom. The van der Waals surface area contributed by atoms with Crippen molar-refractivity contribution < 1.29 is 4.79 Å². The monoisotopic (exact) mass is 290 g/mol. The van der Waals surface area contributed by atoms with Gasteiger partial charge in [0.2, 0.25) is 5.91 Å². The van der Waals surface area contributed by atoms with E-state index in [0.717, 1.165) is 18.5 Å². The highest BCUT2D eigenvalue weighted by atomic mass is 32.1. The van der Waals surface area contributed by atoms with Crippen LogP contribution >= 0.6 is 11.3 Å². The van der Waals surface area contributed by atoms with Crippen molar-refractivity contribution in [2.45, 2.75) is 38.4 Å². The maximum absolute atomic E-state index is 11.7. The quantitative estimate of drug-likeness (QED) is 0.859. The Labute approximate surface area is 122 Å². The highest BCUT2D eigenvalue weighted by Crippen LogP contribution is 2.22. The number of anilines is 1. The van der Waals surface area contributed by atoms with Crippen molar-refractivity contribution in [2.75, 3.05) is 5.32 Å². The maximum atomic E-state index is 11.7. The molecule has 0 spiro atoms. The lowest BCUT2D eigenvalue weighted by atomic mass is 10.3. The Balaban J connectivity index is 1.54. The number of rotatable bonds is 6. The Kier molecular flexibility index (Phi) is 3.73. The summed E-state index contributed by atoms with van der Waals surface area (Å²) in [4.78, 5) is 13.0. The van der Waals surface area contributed by atoms with E-state index in [0.29, 0.717) is 6.04 Å². The van der Waals surface area contributed by atoms with E-state index in [1.54, 1.807) is 22.2 Å². The predicted octanol–water partition coefficient (Wildman–Crippen LogP) is 2.40. The van der Waals surface area contributed by atoms with Crippen LogP contribution in [-0.4, -0.2) is 21.7 Å². The van der Waals surface area contributed by atoms with E-state index in [4.69, 9.17) is 0 Å². The first kappa shape index (κ1) is 13.2. The molecule has 1 fully saturated rings. The average molecular weight is 290 g/mol. The molecule has 1 aliphatic carbocycles. The van der Waals surface area contributed by atoms with Gasteiger partial charge in [0.05, 0.1) is 17.9 Å². The second-order valence-corrected chi connectivity index (χ2v) is 6.13. The number of carbonyl (C=O) groups is 1. The highest BCUT2D eigenvalue weighted by Gasteiger charge is 2.23. The lowest BCUT2D eigenvalue weighted by molar-refractivity contribution is -0.122. The summed E-state index contributed by atoms with van der Waals surface area (Å²) in [5.74, 6) is 0.0356. The van der Waals surface area contributed by atoms with Gasteiger partial charge >= 0.3 is 0 Å². The largest absolute Gasteiger partial charge is 0.375 e. The van der Waals surface area contributed by atoms with E-state index < -0.39 is 0 Å². The molecule has 1 atom stereocenters. The topological polar surface area (TPSA) is 59.0 Å². The van der Waals surface area contributed by atoms with E-state index in [9.17, 15) is 4.79 Å². The number of thiophene rings is 1. The first-order chi connectivity index (χ1) is 9.70. The van der Waals surface area contributed by atoms with E-state index in [-0.39, 0.29) is 18.5 Å². The molecule has 2 aromatic rings. The average Bonchev–Trinajstić information content (AvgIpc) is 2.93. The number of amides is 1. The van der Waals surface area contributed by atoms with Crippen LogP contribution in [0.15, 0.2) is 29.9 Å². The van der Waals surface area contributed by atoms with Crippen LogP contribution in [0.5, 0.6) is 0 Å². The van der Waals surface area contributed by atoms with Crippen molar-refractivity contribution in [3.63, 3.8) is 0 Å². The predicted molar refractivity (Wildman–Crippen MR) is 79.7 cm³/mol. The molecule has 2 heterocycles. The number of carbonyl (C=O) groups excluding carboxylic acids is 1. The molecule has 5 nitrogen and oxygen atoms in total. The van der Waals surface area contributed by atoms with E-state index in [1.165, 1.54) is 4.88 Å². The van der Waals surface area contributed by atoms with Gasteiger partial charge in [-0.2, -0.15) is 5.10 Å². The molecule has 0 bridgehead atoms. The van der Waals surface area contributed by atoms with E-state index in [2.05, 4.69) is 34.1 Å². The van der Waals surface area contributed by atoms with Gasteiger partial charge in [-0.05, 0) is 31.2 Å². The normalized spacial score (nSPS) is 15.8. The molecule has 0 radical (unpaired) electrons. The van der Waals surface area contributed by atoms with Crippen molar-refractivity contribution in [2.24, 2.45) is 0 Å². The number of aromatic nitrogens is 2. The van der Waals surface area contributed by atoms with Crippen LogP contribution in [0.4, 0.5) is 5.69 Å². The fourth-order valence-electron chi connectivity index (χ4n) is 2.03. The molecule has 0 saturated heterocycles. The summed E-state index contributed by atoms with van der Waals surface area (Å²) >= 11 is 1.73. The van der Waals surface area contributed by atoms with Gasteiger partial charge in [0.25, 0.3) is 0 Å². The minimum Gasteiger partial charge on any atom is -0.375 e. The molecule has 3 rings (SSSR count). The zero-order valence-electron chi connectivity index (χ0n) is 11.4. The minimum atomic E-state index is 0.0356. The number of hydrogen-bond acceptors (Lipinski definition) is 4. The van der Waals surface area contributed by atoms with Crippen LogP contribution < -0.4 is 10.6 Å². The Bertz CT molecular complexity index is 574. The smallest absolute Gasteiger partial charge is 0.241 e. The lowest BCUT2D eigenvalue weighted by Crippen LogP contribution is -2.29. The maximum Gasteiger partial charge on any atom is 0.241 e. The minimum absolute atomic E-state index is 0.0356. The molecular formula is C14H18N4OS. The van der Waals surface area contributed by atoms with Crippen molar-refractivity contribution in [3.05, 3.63) is 34.8 Å². The Morgan fingerprint density at radius 3 is 3.15 bits per heavy atom. The molecule has 1 aliphatic rings. The van der Waals surface area contributed by atoms with Gasteiger partial charge in [-0.3, -0.25) is 9.48 Å². The van der Waals surface area contributed by atoms with Gasteiger partial charge in [0.1, 0.15) is 6.54 Å². The summed E-state index contributed by atoms with van der Waals surface area (Å²) < 4.78 is 1.67. The van der Waals surface area contributed by atoms with Crippen molar-refractivity contribution >= 4 is 22.9 Å². The van der Waals surface area contributed by atoms with Crippen LogP contribution in [0.3, 0.4) is 0 Å². The number of nitrogens with one attached hydrogen (secondary N) is 2. The summed E-state index contributed by atoms with van der Waals surface area (Å²) in [5, 5.41) is 12.6. The molecule has 1 saturated carbocycles. The molecule has 0 aliphatic heterocycles. The SMILES string of the molecule is CC(Nc1cnn(CC(=O)NC2CC2)c1)c1cccs1. The molecule has 2 aromatic heterocycles. The number of nitrogens with zero attached hydrogens (tertiary/aromatic N) is 2. The van der Waals surface area contributed by atoms with E-state index in [1.807, 2.05) is 12.3 Å².